The standard InChI is InChI=1S/C14H18BrN3/c1-10-3-4-11(9-13(10)15)14(16)6-5-12-7-8-17-18(12)2/h3-4,7-9,14H,5-6,16H2,1-2H3. The van der Waals surface area contributed by atoms with Gasteiger partial charge in [0.05, 0.1) is 0 Å². The lowest BCUT2D eigenvalue weighted by Gasteiger charge is -2.13. The first-order valence-electron chi connectivity index (χ1n) is 6.06. The van der Waals surface area contributed by atoms with Crippen LogP contribution in [0.25, 0.3) is 0 Å². The van der Waals surface area contributed by atoms with E-state index in [0.717, 1.165) is 17.3 Å². The molecule has 0 aliphatic rings. The van der Waals surface area contributed by atoms with Crippen molar-refractivity contribution in [2.75, 3.05) is 0 Å². The van der Waals surface area contributed by atoms with Crippen LogP contribution >= 0.6 is 15.9 Å². The Morgan fingerprint density at radius 1 is 1.39 bits per heavy atom. The SMILES string of the molecule is Cc1ccc(C(N)CCc2ccnn2C)cc1Br. The third-order valence-corrected chi connectivity index (χ3v) is 4.11. The first-order chi connectivity index (χ1) is 8.58. The summed E-state index contributed by atoms with van der Waals surface area (Å²) in [6.45, 7) is 2.08. The molecule has 1 aromatic carbocycles. The topological polar surface area (TPSA) is 43.8 Å². The number of halogens is 1. The van der Waals surface area contributed by atoms with Crippen molar-refractivity contribution in [3.05, 3.63) is 51.8 Å². The van der Waals surface area contributed by atoms with Crippen molar-refractivity contribution in [2.24, 2.45) is 12.8 Å². The molecule has 96 valence electrons. The maximum Gasteiger partial charge on any atom is 0.0492 e. The van der Waals surface area contributed by atoms with E-state index in [-0.39, 0.29) is 6.04 Å². The van der Waals surface area contributed by atoms with Crippen LogP contribution in [-0.4, -0.2) is 9.78 Å². The number of rotatable bonds is 4. The van der Waals surface area contributed by atoms with E-state index in [9.17, 15) is 0 Å². The molecule has 4 heteroatoms. The van der Waals surface area contributed by atoms with Gasteiger partial charge in [-0.05, 0) is 43.0 Å². The molecule has 0 spiro atoms. The number of aryl methyl sites for hydroxylation is 3. The summed E-state index contributed by atoms with van der Waals surface area (Å²) in [6, 6.07) is 8.43. The average Bonchev–Trinajstić information content (AvgIpc) is 2.75. The first-order valence-corrected chi connectivity index (χ1v) is 6.85. The van der Waals surface area contributed by atoms with Gasteiger partial charge in [0.15, 0.2) is 0 Å². The fraction of sp³-hybridized carbons (Fsp3) is 0.357. The number of nitrogens with two attached hydrogens (primary N) is 1. The zero-order valence-corrected chi connectivity index (χ0v) is 12.3. The minimum absolute atomic E-state index is 0.0665. The van der Waals surface area contributed by atoms with Gasteiger partial charge in [-0.3, -0.25) is 4.68 Å². The quantitative estimate of drug-likeness (QED) is 0.943. The molecule has 1 aromatic heterocycles. The molecular formula is C14H18BrN3. The zero-order chi connectivity index (χ0) is 13.1. The van der Waals surface area contributed by atoms with Gasteiger partial charge < -0.3 is 5.73 Å². The minimum Gasteiger partial charge on any atom is -0.324 e. The highest BCUT2D eigenvalue weighted by Gasteiger charge is 2.09. The van der Waals surface area contributed by atoms with Crippen molar-refractivity contribution < 1.29 is 0 Å². The van der Waals surface area contributed by atoms with Crippen LogP contribution in [0.15, 0.2) is 34.9 Å². The Hall–Kier alpha value is -1.13. The lowest BCUT2D eigenvalue weighted by Crippen LogP contribution is -2.12. The molecule has 0 aliphatic heterocycles. The molecule has 0 bridgehead atoms. The Bertz CT molecular complexity index is 534. The third kappa shape index (κ3) is 3.00. The van der Waals surface area contributed by atoms with Crippen molar-refractivity contribution in [3.63, 3.8) is 0 Å². The smallest absolute Gasteiger partial charge is 0.0492 e. The number of aromatic nitrogens is 2. The molecule has 2 rings (SSSR count). The lowest BCUT2D eigenvalue weighted by molar-refractivity contribution is 0.613. The molecule has 0 aliphatic carbocycles. The van der Waals surface area contributed by atoms with Crippen molar-refractivity contribution in [1.82, 2.24) is 9.78 Å². The predicted molar refractivity (Wildman–Crippen MR) is 77.3 cm³/mol. The number of benzene rings is 1. The number of hydrogen-bond acceptors (Lipinski definition) is 2. The Balaban J connectivity index is 2.01. The largest absolute Gasteiger partial charge is 0.324 e. The highest BCUT2D eigenvalue weighted by molar-refractivity contribution is 9.10. The van der Waals surface area contributed by atoms with Crippen molar-refractivity contribution in [3.8, 4) is 0 Å². The van der Waals surface area contributed by atoms with Crippen molar-refractivity contribution in [1.29, 1.82) is 0 Å². The van der Waals surface area contributed by atoms with Gasteiger partial charge in [-0.1, -0.05) is 28.1 Å². The van der Waals surface area contributed by atoms with Gasteiger partial charge in [0.25, 0.3) is 0 Å². The molecule has 0 radical (unpaired) electrons. The zero-order valence-electron chi connectivity index (χ0n) is 10.7. The number of hydrogen-bond donors (Lipinski definition) is 1. The molecule has 0 saturated heterocycles. The Morgan fingerprint density at radius 3 is 2.78 bits per heavy atom. The van der Waals surface area contributed by atoms with Gasteiger partial charge in [0, 0.05) is 29.5 Å². The van der Waals surface area contributed by atoms with Crippen LogP contribution in [0.3, 0.4) is 0 Å². The summed E-state index contributed by atoms with van der Waals surface area (Å²) in [5.41, 5.74) is 9.86. The van der Waals surface area contributed by atoms with Crippen LogP contribution in [0.4, 0.5) is 0 Å². The molecule has 1 unspecified atom stereocenters. The van der Waals surface area contributed by atoms with Crippen LogP contribution in [0.1, 0.15) is 29.3 Å². The van der Waals surface area contributed by atoms with Gasteiger partial charge in [-0.25, -0.2) is 0 Å². The van der Waals surface area contributed by atoms with Crippen LogP contribution in [0.2, 0.25) is 0 Å². The van der Waals surface area contributed by atoms with Gasteiger partial charge >= 0.3 is 0 Å². The summed E-state index contributed by atoms with van der Waals surface area (Å²) in [5.74, 6) is 0. The Kier molecular flexibility index (Phi) is 4.19. The summed E-state index contributed by atoms with van der Waals surface area (Å²) in [5, 5.41) is 4.16. The molecular weight excluding hydrogens is 290 g/mol. The van der Waals surface area contributed by atoms with E-state index in [1.54, 1.807) is 0 Å². The number of nitrogens with zero attached hydrogens (tertiary/aromatic N) is 2. The van der Waals surface area contributed by atoms with E-state index in [1.807, 2.05) is 24.0 Å². The van der Waals surface area contributed by atoms with Crippen molar-refractivity contribution >= 4 is 15.9 Å². The van der Waals surface area contributed by atoms with Crippen LogP contribution < -0.4 is 5.73 Å². The van der Waals surface area contributed by atoms with Crippen molar-refractivity contribution in [2.45, 2.75) is 25.8 Å². The van der Waals surface area contributed by atoms with Crippen LogP contribution in [0, 0.1) is 6.92 Å². The second-order valence-corrected chi connectivity index (χ2v) is 5.45. The third-order valence-electron chi connectivity index (χ3n) is 3.26. The molecule has 3 nitrogen and oxygen atoms in total. The molecule has 1 atom stereocenters. The second-order valence-electron chi connectivity index (χ2n) is 4.60. The highest BCUT2D eigenvalue weighted by Crippen LogP contribution is 2.23. The first kappa shape index (κ1) is 13.3. The monoisotopic (exact) mass is 307 g/mol. The summed E-state index contributed by atoms with van der Waals surface area (Å²) >= 11 is 3.55. The van der Waals surface area contributed by atoms with Gasteiger partial charge in [-0.15, -0.1) is 0 Å². The van der Waals surface area contributed by atoms with Gasteiger partial charge in [0.1, 0.15) is 0 Å². The second kappa shape index (κ2) is 5.67. The molecule has 0 fully saturated rings. The summed E-state index contributed by atoms with van der Waals surface area (Å²) < 4.78 is 3.02. The van der Waals surface area contributed by atoms with Gasteiger partial charge in [0.2, 0.25) is 0 Å². The Labute approximate surface area is 116 Å². The lowest BCUT2D eigenvalue weighted by atomic mass is 10.0. The normalized spacial score (nSPS) is 12.7. The maximum atomic E-state index is 6.23. The van der Waals surface area contributed by atoms with Crippen LogP contribution in [0.5, 0.6) is 0 Å². The Morgan fingerprint density at radius 2 is 2.17 bits per heavy atom. The average molecular weight is 308 g/mol. The van der Waals surface area contributed by atoms with E-state index in [1.165, 1.54) is 16.8 Å². The summed E-state index contributed by atoms with van der Waals surface area (Å²) in [7, 11) is 1.96. The fourth-order valence-corrected chi connectivity index (χ4v) is 2.35. The predicted octanol–water partition coefficient (Wildman–Crippen LogP) is 3.12. The van der Waals surface area contributed by atoms with E-state index < -0.39 is 0 Å². The molecule has 0 saturated carbocycles. The summed E-state index contributed by atoms with van der Waals surface area (Å²) in [4.78, 5) is 0. The van der Waals surface area contributed by atoms with E-state index in [4.69, 9.17) is 5.73 Å². The van der Waals surface area contributed by atoms with E-state index in [0.29, 0.717) is 0 Å². The summed E-state index contributed by atoms with van der Waals surface area (Å²) in [6.07, 6.45) is 3.70. The maximum absolute atomic E-state index is 6.23. The van der Waals surface area contributed by atoms with E-state index >= 15 is 0 Å². The van der Waals surface area contributed by atoms with E-state index in [2.05, 4.69) is 46.2 Å². The molecule has 2 N–H and O–H groups in total. The van der Waals surface area contributed by atoms with Crippen LogP contribution in [-0.2, 0) is 13.5 Å². The molecule has 0 amide bonds. The fourth-order valence-electron chi connectivity index (χ4n) is 1.96. The highest BCUT2D eigenvalue weighted by atomic mass is 79.9. The molecule has 2 aromatic rings. The van der Waals surface area contributed by atoms with Gasteiger partial charge in [-0.2, -0.15) is 5.10 Å². The molecule has 18 heavy (non-hydrogen) atoms. The molecule has 1 heterocycles. The minimum atomic E-state index is 0.0665.